The summed E-state index contributed by atoms with van der Waals surface area (Å²) in [5.41, 5.74) is 3.27. The fraction of sp³-hybridized carbons (Fsp3) is 0.524. The number of amides is 1. The molecule has 2 aromatic heterocycles. The van der Waals surface area contributed by atoms with Crippen molar-refractivity contribution in [3.63, 3.8) is 0 Å². The number of pyridine rings is 1. The maximum absolute atomic E-state index is 12.8. The van der Waals surface area contributed by atoms with E-state index in [0.717, 1.165) is 56.2 Å². The summed E-state index contributed by atoms with van der Waals surface area (Å²) in [6.45, 7) is 6.92. The number of carbonyl (C=O) groups is 1. The van der Waals surface area contributed by atoms with Crippen molar-refractivity contribution in [2.45, 2.75) is 32.7 Å². The Kier molecular flexibility index (Phi) is 4.57. The van der Waals surface area contributed by atoms with Crippen LogP contribution in [0.1, 0.15) is 41.1 Å². The molecule has 1 amide bonds. The topological polar surface area (TPSA) is 41.4 Å². The zero-order valence-electron chi connectivity index (χ0n) is 15.8. The summed E-state index contributed by atoms with van der Waals surface area (Å²) in [5.74, 6) is 0.173. The van der Waals surface area contributed by atoms with Gasteiger partial charge in [-0.3, -0.25) is 14.7 Å². The van der Waals surface area contributed by atoms with Crippen molar-refractivity contribution in [1.82, 2.24) is 19.4 Å². The van der Waals surface area contributed by atoms with Crippen LogP contribution in [0.25, 0.3) is 0 Å². The van der Waals surface area contributed by atoms with Gasteiger partial charge in [0.25, 0.3) is 5.91 Å². The average Bonchev–Trinajstić information content (AvgIpc) is 3.21. The molecule has 2 aromatic rings. The van der Waals surface area contributed by atoms with E-state index in [1.807, 2.05) is 42.9 Å². The van der Waals surface area contributed by atoms with Gasteiger partial charge in [-0.25, -0.2) is 0 Å². The lowest BCUT2D eigenvalue weighted by Gasteiger charge is -2.40. The predicted octanol–water partition coefficient (Wildman–Crippen LogP) is 2.86. The molecule has 0 aliphatic carbocycles. The van der Waals surface area contributed by atoms with E-state index in [9.17, 15) is 4.79 Å². The number of likely N-dealkylation sites (tertiary alicyclic amines) is 2. The highest BCUT2D eigenvalue weighted by Gasteiger charge is 2.43. The molecule has 0 aromatic carbocycles. The van der Waals surface area contributed by atoms with Crippen molar-refractivity contribution in [1.29, 1.82) is 0 Å². The SMILES string of the molecule is Cc1cccc(CN2CCC[C@@]3(CCN(C(=O)c4cccn4C)C3)C2)n1. The molecule has 0 saturated carbocycles. The third-order valence-corrected chi connectivity index (χ3v) is 5.96. The van der Waals surface area contributed by atoms with Crippen molar-refractivity contribution >= 4 is 5.91 Å². The van der Waals surface area contributed by atoms with Gasteiger partial charge < -0.3 is 9.47 Å². The minimum absolute atomic E-state index is 0.173. The normalized spacial score (nSPS) is 23.7. The molecule has 4 rings (SSSR count). The molecule has 1 atom stereocenters. The molecule has 0 bridgehead atoms. The molecule has 2 fully saturated rings. The summed E-state index contributed by atoms with van der Waals surface area (Å²) in [5, 5.41) is 0. The summed E-state index contributed by atoms with van der Waals surface area (Å²) in [6.07, 6.45) is 5.48. The Balaban J connectivity index is 1.42. The number of hydrogen-bond acceptors (Lipinski definition) is 3. The van der Waals surface area contributed by atoms with Gasteiger partial charge in [0.1, 0.15) is 5.69 Å². The van der Waals surface area contributed by atoms with Crippen LogP contribution in [0.2, 0.25) is 0 Å². The summed E-state index contributed by atoms with van der Waals surface area (Å²) in [7, 11) is 1.94. The lowest BCUT2D eigenvalue weighted by atomic mass is 9.79. The van der Waals surface area contributed by atoms with E-state index in [1.165, 1.54) is 12.8 Å². The Bertz CT molecular complexity index is 799. The smallest absolute Gasteiger partial charge is 0.270 e. The number of piperidine rings is 1. The third kappa shape index (κ3) is 3.40. The van der Waals surface area contributed by atoms with Crippen LogP contribution in [0.3, 0.4) is 0 Å². The molecule has 1 spiro atoms. The van der Waals surface area contributed by atoms with Gasteiger partial charge in [0.15, 0.2) is 0 Å². The van der Waals surface area contributed by atoms with Gasteiger partial charge in [0, 0.05) is 50.5 Å². The van der Waals surface area contributed by atoms with Gasteiger partial charge in [-0.15, -0.1) is 0 Å². The van der Waals surface area contributed by atoms with Crippen molar-refractivity contribution < 1.29 is 4.79 Å². The summed E-state index contributed by atoms with van der Waals surface area (Å²) in [6, 6.07) is 10.1. The summed E-state index contributed by atoms with van der Waals surface area (Å²) < 4.78 is 1.92. The maximum atomic E-state index is 12.8. The molecule has 4 heterocycles. The largest absolute Gasteiger partial charge is 0.347 e. The van der Waals surface area contributed by atoms with Crippen LogP contribution in [-0.4, -0.2) is 51.4 Å². The molecule has 0 unspecified atom stereocenters. The lowest BCUT2D eigenvalue weighted by Crippen LogP contribution is -2.45. The quantitative estimate of drug-likeness (QED) is 0.853. The number of carbonyl (C=O) groups excluding carboxylic acids is 1. The van der Waals surface area contributed by atoms with Crippen LogP contribution in [0.5, 0.6) is 0 Å². The van der Waals surface area contributed by atoms with Gasteiger partial charge in [-0.1, -0.05) is 6.07 Å². The molecular formula is C21H28N4O. The molecule has 138 valence electrons. The maximum Gasteiger partial charge on any atom is 0.270 e. The second-order valence-electron chi connectivity index (χ2n) is 8.07. The first-order valence-electron chi connectivity index (χ1n) is 9.60. The van der Waals surface area contributed by atoms with Crippen LogP contribution >= 0.6 is 0 Å². The molecule has 5 nitrogen and oxygen atoms in total. The van der Waals surface area contributed by atoms with E-state index in [0.29, 0.717) is 0 Å². The van der Waals surface area contributed by atoms with Crippen LogP contribution in [-0.2, 0) is 13.6 Å². The first-order valence-corrected chi connectivity index (χ1v) is 9.60. The Morgan fingerprint density at radius 3 is 2.81 bits per heavy atom. The minimum Gasteiger partial charge on any atom is -0.347 e. The second-order valence-corrected chi connectivity index (χ2v) is 8.07. The van der Waals surface area contributed by atoms with Gasteiger partial charge in [-0.2, -0.15) is 0 Å². The molecular weight excluding hydrogens is 324 g/mol. The van der Waals surface area contributed by atoms with Gasteiger partial charge in [-0.05, 0) is 57.0 Å². The third-order valence-electron chi connectivity index (χ3n) is 5.96. The first kappa shape index (κ1) is 17.3. The van der Waals surface area contributed by atoms with Crippen molar-refractivity contribution in [2.75, 3.05) is 26.2 Å². The van der Waals surface area contributed by atoms with Crippen molar-refractivity contribution in [2.24, 2.45) is 12.5 Å². The average molecular weight is 352 g/mol. The number of nitrogens with zero attached hydrogens (tertiary/aromatic N) is 4. The monoisotopic (exact) mass is 352 g/mol. The van der Waals surface area contributed by atoms with Crippen LogP contribution < -0.4 is 0 Å². The van der Waals surface area contributed by atoms with Crippen LogP contribution in [0.15, 0.2) is 36.5 Å². The van der Waals surface area contributed by atoms with E-state index in [2.05, 4.69) is 26.9 Å². The highest BCUT2D eigenvalue weighted by atomic mass is 16.2. The second kappa shape index (κ2) is 6.88. The molecule has 2 aliphatic heterocycles. The Morgan fingerprint density at radius 2 is 2.04 bits per heavy atom. The standard InChI is InChI=1S/C21H28N4O/c1-17-6-3-7-18(22-17)14-24-12-5-9-21(15-24)10-13-25(16-21)20(26)19-8-4-11-23(19)2/h3-4,6-8,11H,5,9-10,12-16H2,1-2H3/t21-/m1/s1. The van der Waals surface area contributed by atoms with Crippen LogP contribution in [0.4, 0.5) is 0 Å². The van der Waals surface area contributed by atoms with E-state index < -0.39 is 0 Å². The van der Waals surface area contributed by atoms with Crippen LogP contribution in [0, 0.1) is 12.3 Å². The fourth-order valence-electron chi connectivity index (χ4n) is 4.65. The molecule has 26 heavy (non-hydrogen) atoms. The van der Waals surface area contributed by atoms with Gasteiger partial charge in [0.2, 0.25) is 0 Å². The number of aryl methyl sites for hydroxylation is 2. The van der Waals surface area contributed by atoms with E-state index in [1.54, 1.807) is 0 Å². The molecule has 2 saturated heterocycles. The highest BCUT2D eigenvalue weighted by molar-refractivity contribution is 5.93. The first-order chi connectivity index (χ1) is 12.5. The van der Waals surface area contributed by atoms with Crippen molar-refractivity contribution in [3.8, 4) is 0 Å². The predicted molar refractivity (Wildman–Crippen MR) is 102 cm³/mol. The van der Waals surface area contributed by atoms with E-state index in [4.69, 9.17) is 0 Å². The minimum atomic E-state index is 0.173. The van der Waals surface area contributed by atoms with Gasteiger partial charge >= 0.3 is 0 Å². The molecule has 2 aliphatic rings. The Morgan fingerprint density at radius 1 is 1.15 bits per heavy atom. The number of rotatable bonds is 3. The van der Waals surface area contributed by atoms with E-state index in [-0.39, 0.29) is 11.3 Å². The lowest BCUT2D eigenvalue weighted by molar-refractivity contribution is 0.0665. The number of aromatic nitrogens is 2. The summed E-state index contributed by atoms with van der Waals surface area (Å²) >= 11 is 0. The highest BCUT2D eigenvalue weighted by Crippen LogP contribution is 2.39. The molecule has 0 N–H and O–H groups in total. The molecule has 5 heteroatoms. The Hall–Kier alpha value is -2.14. The zero-order chi connectivity index (χ0) is 18.1. The van der Waals surface area contributed by atoms with Gasteiger partial charge in [0.05, 0.1) is 5.69 Å². The van der Waals surface area contributed by atoms with Crippen molar-refractivity contribution in [3.05, 3.63) is 53.6 Å². The fourth-order valence-corrected chi connectivity index (χ4v) is 4.65. The molecule has 0 radical (unpaired) electrons. The van der Waals surface area contributed by atoms with E-state index >= 15 is 0 Å². The zero-order valence-corrected chi connectivity index (χ0v) is 15.8. The Labute approximate surface area is 155 Å². The number of hydrogen-bond donors (Lipinski definition) is 0. The summed E-state index contributed by atoms with van der Waals surface area (Å²) in [4.78, 5) is 22.1.